The van der Waals surface area contributed by atoms with E-state index in [0.29, 0.717) is 0 Å². The van der Waals surface area contributed by atoms with E-state index in [1.165, 1.54) is 25.7 Å². The van der Waals surface area contributed by atoms with Crippen LogP contribution in [0, 0.1) is 0 Å². The van der Waals surface area contributed by atoms with Crippen molar-refractivity contribution in [1.82, 2.24) is 0 Å². The van der Waals surface area contributed by atoms with Gasteiger partial charge in [0.1, 0.15) is 0 Å². The Morgan fingerprint density at radius 1 is 0.923 bits per heavy atom. The smallest absolute Gasteiger partial charge is 0.0791 e. The van der Waals surface area contributed by atoms with Gasteiger partial charge in [0.15, 0.2) is 0 Å². The van der Waals surface area contributed by atoms with Crippen LogP contribution in [-0.2, 0) is 0 Å². The molecule has 0 aliphatic carbocycles. The molecule has 0 bridgehead atoms. The molecular formula is C12H20O. The second kappa shape index (κ2) is 11.0. The summed E-state index contributed by atoms with van der Waals surface area (Å²) in [5.74, 6) is 0. The minimum atomic E-state index is 1.03. The maximum atomic E-state index is 8.31. The van der Waals surface area contributed by atoms with Crippen LogP contribution in [-0.4, -0.2) is 5.11 Å². The summed E-state index contributed by atoms with van der Waals surface area (Å²) in [6.45, 7) is 2.22. The first-order valence-corrected chi connectivity index (χ1v) is 5.04. The van der Waals surface area contributed by atoms with Crippen LogP contribution in [0.25, 0.3) is 0 Å². The standard InChI is InChI=1S/C12H20O/c1-2-3-4-5-6-7-8-9-10-11-12-13/h7-13H,2-6H2,1H3/b8-7-,10-9-,12-11+. The molecule has 0 aliphatic heterocycles. The molecular weight excluding hydrogens is 160 g/mol. The van der Waals surface area contributed by atoms with Crippen LogP contribution in [0.3, 0.4) is 0 Å². The Labute approximate surface area is 81.5 Å². The van der Waals surface area contributed by atoms with Gasteiger partial charge in [-0.1, -0.05) is 50.5 Å². The van der Waals surface area contributed by atoms with Gasteiger partial charge in [-0.2, -0.15) is 0 Å². The number of rotatable bonds is 7. The second-order valence-corrected chi connectivity index (χ2v) is 3.00. The van der Waals surface area contributed by atoms with E-state index in [1.807, 2.05) is 18.2 Å². The summed E-state index contributed by atoms with van der Waals surface area (Å²) in [5.41, 5.74) is 0. The number of unbranched alkanes of at least 4 members (excludes halogenated alkanes) is 4. The zero-order valence-corrected chi connectivity index (χ0v) is 8.45. The fourth-order valence-corrected chi connectivity index (χ4v) is 1.04. The van der Waals surface area contributed by atoms with Crippen molar-refractivity contribution in [2.75, 3.05) is 0 Å². The molecule has 0 saturated carbocycles. The maximum absolute atomic E-state index is 8.31. The lowest BCUT2D eigenvalue weighted by Crippen LogP contribution is -1.72. The van der Waals surface area contributed by atoms with Gasteiger partial charge in [0.25, 0.3) is 0 Å². The van der Waals surface area contributed by atoms with Gasteiger partial charge in [-0.05, 0) is 18.9 Å². The van der Waals surface area contributed by atoms with Crippen molar-refractivity contribution >= 4 is 0 Å². The summed E-state index contributed by atoms with van der Waals surface area (Å²) in [5, 5.41) is 8.31. The molecule has 0 aromatic rings. The second-order valence-electron chi connectivity index (χ2n) is 3.00. The van der Waals surface area contributed by atoms with Crippen molar-refractivity contribution in [3.63, 3.8) is 0 Å². The third-order valence-electron chi connectivity index (χ3n) is 1.78. The van der Waals surface area contributed by atoms with E-state index in [4.69, 9.17) is 5.11 Å². The normalized spacial score (nSPS) is 12.4. The Hall–Kier alpha value is -0.980. The Morgan fingerprint density at radius 2 is 1.69 bits per heavy atom. The zero-order chi connectivity index (χ0) is 9.78. The van der Waals surface area contributed by atoms with Gasteiger partial charge in [0.05, 0.1) is 6.26 Å². The van der Waals surface area contributed by atoms with Gasteiger partial charge in [-0.25, -0.2) is 0 Å². The van der Waals surface area contributed by atoms with Crippen LogP contribution < -0.4 is 0 Å². The first-order valence-electron chi connectivity index (χ1n) is 5.04. The number of hydrogen-bond donors (Lipinski definition) is 1. The van der Waals surface area contributed by atoms with Gasteiger partial charge >= 0.3 is 0 Å². The highest BCUT2D eigenvalue weighted by Crippen LogP contribution is 2.02. The molecule has 0 atom stereocenters. The molecule has 1 N–H and O–H groups in total. The lowest BCUT2D eigenvalue weighted by Gasteiger charge is -1.92. The first kappa shape index (κ1) is 12.0. The van der Waals surface area contributed by atoms with E-state index in [2.05, 4.69) is 13.0 Å². The highest BCUT2D eigenvalue weighted by atomic mass is 16.2. The third-order valence-corrected chi connectivity index (χ3v) is 1.78. The lowest BCUT2D eigenvalue weighted by molar-refractivity contribution is 0.474. The molecule has 74 valence electrons. The molecule has 0 aromatic carbocycles. The van der Waals surface area contributed by atoms with Gasteiger partial charge in [0, 0.05) is 0 Å². The highest BCUT2D eigenvalue weighted by Gasteiger charge is 1.82. The predicted octanol–water partition coefficient (Wildman–Crippen LogP) is 4.14. The maximum Gasteiger partial charge on any atom is 0.0791 e. The van der Waals surface area contributed by atoms with Gasteiger partial charge in [-0.3, -0.25) is 0 Å². The lowest BCUT2D eigenvalue weighted by atomic mass is 10.1. The van der Waals surface area contributed by atoms with Crippen LogP contribution in [0.15, 0.2) is 36.6 Å². The summed E-state index contributed by atoms with van der Waals surface area (Å²) < 4.78 is 0. The number of allylic oxidation sites excluding steroid dienone is 5. The van der Waals surface area contributed by atoms with Crippen LogP contribution in [0.2, 0.25) is 0 Å². The summed E-state index contributed by atoms with van der Waals surface area (Å²) in [6, 6.07) is 0. The number of aliphatic hydroxyl groups excluding tert-OH is 1. The molecule has 0 spiro atoms. The van der Waals surface area contributed by atoms with Crippen molar-refractivity contribution in [1.29, 1.82) is 0 Å². The van der Waals surface area contributed by atoms with Crippen LogP contribution in [0.5, 0.6) is 0 Å². The molecule has 0 unspecified atom stereocenters. The monoisotopic (exact) mass is 180 g/mol. The Morgan fingerprint density at radius 3 is 2.38 bits per heavy atom. The van der Waals surface area contributed by atoms with E-state index in [0.717, 1.165) is 12.7 Å². The fraction of sp³-hybridized carbons (Fsp3) is 0.500. The quantitative estimate of drug-likeness (QED) is 0.354. The molecule has 0 aromatic heterocycles. The minimum Gasteiger partial charge on any atom is -0.516 e. The molecule has 1 nitrogen and oxygen atoms in total. The Balaban J connectivity index is 3.21. The number of hydrogen-bond acceptors (Lipinski definition) is 1. The Kier molecular flexibility index (Phi) is 10.2. The zero-order valence-electron chi connectivity index (χ0n) is 8.45. The van der Waals surface area contributed by atoms with Crippen LogP contribution >= 0.6 is 0 Å². The van der Waals surface area contributed by atoms with Gasteiger partial charge in [0.2, 0.25) is 0 Å². The molecule has 0 fully saturated rings. The van der Waals surface area contributed by atoms with Crippen LogP contribution in [0.1, 0.15) is 39.0 Å². The molecule has 0 rings (SSSR count). The predicted molar refractivity (Wildman–Crippen MR) is 58.8 cm³/mol. The van der Waals surface area contributed by atoms with E-state index in [9.17, 15) is 0 Å². The SMILES string of the molecule is CCCCCC\C=C/C=C\C=C\O. The van der Waals surface area contributed by atoms with E-state index >= 15 is 0 Å². The van der Waals surface area contributed by atoms with Crippen LogP contribution in [0.4, 0.5) is 0 Å². The largest absolute Gasteiger partial charge is 0.516 e. The number of aliphatic hydroxyl groups is 1. The van der Waals surface area contributed by atoms with Crippen molar-refractivity contribution in [2.24, 2.45) is 0 Å². The minimum absolute atomic E-state index is 1.03. The van der Waals surface area contributed by atoms with Crippen molar-refractivity contribution in [3.8, 4) is 0 Å². The molecule has 13 heavy (non-hydrogen) atoms. The summed E-state index contributed by atoms with van der Waals surface area (Å²) >= 11 is 0. The third kappa shape index (κ3) is 11.0. The molecule has 0 aliphatic rings. The first-order chi connectivity index (χ1) is 6.41. The molecule has 0 saturated heterocycles. The van der Waals surface area contributed by atoms with E-state index in [-0.39, 0.29) is 0 Å². The molecule has 1 heteroatoms. The topological polar surface area (TPSA) is 20.2 Å². The fourth-order valence-electron chi connectivity index (χ4n) is 1.04. The van der Waals surface area contributed by atoms with Gasteiger partial charge in [-0.15, -0.1) is 0 Å². The highest BCUT2D eigenvalue weighted by molar-refractivity contribution is 5.09. The summed E-state index contributed by atoms with van der Waals surface area (Å²) in [6.07, 6.45) is 17.0. The molecule has 0 radical (unpaired) electrons. The average molecular weight is 180 g/mol. The Bertz CT molecular complexity index is 166. The van der Waals surface area contributed by atoms with E-state index < -0.39 is 0 Å². The van der Waals surface area contributed by atoms with Crippen molar-refractivity contribution in [2.45, 2.75) is 39.0 Å². The summed E-state index contributed by atoms with van der Waals surface area (Å²) in [7, 11) is 0. The van der Waals surface area contributed by atoms with Crippen molar-refractivity contribution in [3.05, 3.63) is 36.6 Å². The van der Waals surface area contributed by atoms with Gasteiger partial charge < -0.3 is 5.11 Å². The molecule has 0 amide bonds. The van der Waals surface area contributed by atoms with Crippen molar-refractivity contribution < 1.29 is 5.11 Å². The average Bonchev–Trinajstić information content (AvgIpc) is 2.16. The summed E-state index contributed by atoms with van der Waals surface area (Å²) in [4.78, 5) is 0. The molecule has 0 heterocycles. The van der Waals surface area contributed by atoms with E-state index in [1.54, 1.807) is 6.08 Å².